The smallest absolute Gasteiger partial charge is 0.277 e. The molecule has 0 unspecified atom stereocenters. The maximum absolute atomic E-state index is 13.2. The van der Waals surface area contributed by atoms with Crippen molar-refractivity contribution in [2.24, 2.45) is 9.98 Å². The van der Waals surface area contributed by atoms with E-state index < -0.39 is 0 Å². The average Bonchev–Trinajstić information content (AvgIpc) is 1.66. The lowest BCUT2D eigenvalue weighted by molar-refractivity contribution is 0.414. The van der Waals surface area contributed by atoms with E-state index in [1.807, 2.05) is 152 Å². The van der Waals surface area contributed by atoms with Gasteiger partial charge < -0.3 is 39.2 Å². The van der Waals surface area contributed by atoms with E-state index in [0.717, 1.165) is 115 Å². The highest BCUT2D eigenvalue weighted by Crippen LogP contribution is 2.30. The maximum Gasteiger partial charge on any atom is 0.277 e. The van der Waals surface area contributed by atoms with E-state index in [9.17, 15) is 32.3 Å². The molecule has 15 rings (SSSR count). The lowest BCUT2D eigenvalue weighted by Crippen LogP contribution is -2.35. The van der Waals surface area contributed by atoms with Gasteiger partial charge in [-0.3, -0.25) is 45.0 Å². The van der Waals surface area contributed by atoms with Crippen molar-refractivity contribution in [1.82, 2.24) is 54.7 Å². The quantitative estimate of drug-likeness (QED) is 0.0247. The third kappa shape index (κ3) is 19.5. The Kier molecular flexibility index (Phi) is 26.4. The van der Waals surface area contributed by atoms with Crippen LogP contribution in [0.5, 0.6) is 28.7 Å². The number of rotatable bonds is 22. The van der Waals surface area contributed by atoms with Crippen LogP contribution in [0.15, 0.2) is 254 Å². The van der Waals surface area contributed by atoms with Gasteiger partial charge in [-0.1, -0.05) is 66.7 Å². The number of aromatic nitrogens is 8. The van der Waals surface area contributed by atoms with Crippen LogP contribution >= 0.6 is 0 Å². The van der Waals surface area contributed by atoms with Crippen molar-refractivity contribution < 1.29 is 36.9 Å². The minimum absolute atomic E-state index is 0.0489. The van der Waals surface area contributed by atoms with Gasteiger partial charge in [-0.25, -0.2) is 27.8 Å². The molecule has 0 amide bonds. The zero-order chi connectivity index (χ0) is 80.2. The summed E-state index contributed by atoms with van der Waals surface area (Å²) in [5, 5.41) is 27.2. The zero-order valence-electron chi connectivity index (χ0n) is 64.3. The standard InChI is InChI=1S/C24H21FN2O2.C22H24N4O3.C21H21FN4O2.C21H23FN4O2/c1-29-21-14-10-18(11-15-21)23-22(16-9-17-7-12-19(25)13-8-17)24(28)27(26-23)20-5-3-2-4-6-20;1-28-17-9-7-16(8-10-17)20-19(11-6-15-4-3-5-18(14-15)29-2)21(27)26(25-20)22-23-12-13-24-22;1-28-17-9-5-15(6-10-17)19-18(11-4-14-2-7-16(22)8-3-14)20(27)26(25-19)21-23-12-13-24-21;1-25(2)21(23)26-20(27)18(13-6-14-4-9-16(22)10-5-14)19(24-26)15-7-11-17(28-3)12-8-15/h2-8,10-15,26H,9,16H2,1H3;3-5,7-10,14,25H,6,11-13H2,1-2H3,(H,23,24);2-3,5-10,25H,4,11-13H2,1H3,(H,23,24);4-5,7-12,23-24H,6,13H2,1-3H3. The fraction of sp³-hybridized carbons (Fsp3) is 0.216. The van der Waals surface area contributed by atoms with Crippen molar-refractivity contribution in [2.45, 2.75) is 51.4 Å². The second-order valence-electron chi connectivity index (χ2n) is 26.9. The molecule has 0 saturated carbocycles. The molecule has 0 radical (unpaired) electrons. The number of hydrogen-bond donors (Lipinski definition) is 7. The molecule has 7 N–H and O–H groups in total. The predicted molar refractivity (Wildman–Crippen MR) is 440 cm³/mol. The Morgan fingerprint density at radius 1 is 0.368 bits per heavy atom. The maximum atomic E-state index is 13.2. The number of H-pyrrole nitrogens is 4. The molecule has 26 heteroatoms. The number of para-hydroxylation sites is 1. The SMILES string of the molecule is COc1ccc(-c2[nH]n(-c3ccccc3)c(=O)c2CCc2ccc(F)cc2)cc1.COc1ccc(-c2[nH]n(C(=N)N(C)C)c(=O)c2CCc2ccc(F)cc2)cc1.COc1ccc(-c2[nH]n(C3=NCCN3)c(=O)c2CCc2ccc(F)cc2)cc1.COc1ccc(-c2[nH]n(C3=NCCN3)c(=O)c2CCc2cccc(OC)c2)cc1. The fourth-order valence-electron chi connectivity index (χ4n) is 13.1. The van der Waals surface area contributed by atoms with Gasteiger partial charge in [0, 0.05) is 71.7 Å². The highest BCUT2D eigenvalue weighted by molar-refractivity contribution is 5.85. The number of ether oxygens (including phenoxy) is 5. The third-order valence-electron chi connectivity index (χ3n) is 19.4. The molecule has 4 aromatic heterocycles. The molecule has 586 valence electrons. The lowest BCUT2D eigenvalue weighted by Gasteiger charge is -2.12. The van der Waals surface area contributed by atoms with Crippen LogP contribution in [0.25, 0.3) is 50.7 Å². The fourth-order valence-corrected chi connectivity index (χ4v) is 13.1. The summed E-state index contributed by atoms with van der Waals surface area (Å²) in [6.07, 6.45) is 4.74. The van der Waals surface area contributed by atoms with Gasteiger partial charge in [-0.15, -0.1) is 0 Å². The minimum Gasteiger partial charge on any atom is -0.497 e. The van der Waals surface area contributed by atoms with Crippen molar-refractivity contribution in [2.75, 3.05) is 75.8 Å². The number of aliphatic imine (C=N–C) groups is 2. The number of nitrogens with one attached hydrogen (secondary N) is 7. The summed E-state index contributed by atoms with van der Waals surface area (Å²) >= 11 is 0. The molecule has 6 heterocycles. The molecule has 0 saturated heterocycles. The molecule has 0 aliphatic carbocycles. The molecular weight excluding hydrogens is 1450 g/mol. The molecule has 9 aromatic carbocycles. The molecule has 13 aromatic rings. The topological polar surface area (TPSA) is 273 Å². The van der Waals surface area contributed by atoms with Crippen LogP contribution in [0.4, 0.5) is 13.2 Å². The third-order valence-corrected chi connectivity index (χ3v) is 19.4. The number of methoxy groups -OCH3 is 5. The first-order valence-corrected chi connectivity index (χ1v) is 37.1. The van der Waals surface area contributed by atoms with E-state index >= 15 is 0 Å². The molecule has 2 aliphatic rings. The number of aryl methyl sites for hydroxylation is 4. The van der Waals surface area contributed by atoms with Crippen molar-refractivity contribution in [3.05, 3.63) is 328 Å². The van der Waals surface area contributed by atoms with Crippen molar-refractivity contribution >= 4 is 17.9 Å². The van der Waals surface area contributed by atoms with Crippen LogP contribution in [0, 0.1) is 22.9 Å². The van der Waals surface area contributed by atoms with Crippen molar-refractivity contribution in [1.29, 1.82) is 5.41 Å². The molecule has 0 bridgehead atoms. The van der Waals surface area contributed by atoms with Gasteiger partial charge in [-0.05, 0) is 231 Å². The number of benzene rings is 9. The number of nitrogens with zero attached hydrogens (tertiary/aromatic N) is 7. The Bertz CT molecular complexity index is 5710. The van der Waals surface area contributed by atoms with E-state index in [1.54, 1.807) is 95.6 Å². The van der Waals surface area contributed by atoms with Crippen LogP contribution < -0.4 is 56.6 Å². The number of hydrogen-bond acceptors (Lipinski definition) is 14. The lowest BCUT2D eigenvalue weighted by atomic mass is 10.0. The summed E-state index contributed by atoms with van der Waals surface area (Å²) in [4.78, 5) is 62.7. The molecular formula is C88H89F3N14O9. The second-order valence-corrected chi connectivity index (χ2v) is 26.9. The monoisotopic (exact) mass is 1540 g/mol. The van der Waals surface area contributed by atoms with Gasteiger partial charge in [0.05, 0.1) is 77.1 Å². The zero-order valence-corrected chi connectivity index (χ0v) is 64.3. The van der Waals surface area contributed by atoms with Gasteiger partial charge in [0.25, 0.3) is 22.2 Å². The predicted octanol–water partition coefficient (Wildman–Crippen LogP) is 12.9. The van der Waals surface area contributed by atoms with Crippen LogP contribution in [0.3, 0.4) is 0 Å². The Hall–Kier alpha value is -13.8. The summed E-state index contributed by atoms with van der Waals surface area (Å²) in [7, 11) is 11.5. The molecule has 0 atom stereocenters. The normalized spacial score (nSPS) is 12.0. The summed E-state index contributed by atoms with van der Waals surface area (Å²) < 4.78 is 71.5. The average molecular weight is 1540 g/mol. The number of aromatic amines is 4. The molecule has 2 aliphatic heterocycles. The second kappa shape index (κ2) is 37.8. The first-order chi connectivity index (χ1) is 55.4. The van der Waals surface area contributed by atoms with Gasteiger partial charge >= 0.3 is 0 Å². The van der Waals surface area contributed by atoms with Crippen LogP contribution in [0.2, 0.25) is 0 Å². The van der Waals surface area contributed by atoms with Crippen LogP contribution in [-0.2, 0) is 51.4 Å². The summed E-state index contributed by atoms with van der Waals surface area (Å²) in [6, 6.07) is 66.7. The van der Waals surface area contributed by atoms with Gasteiger partial charge in [0.2, 0.25) is 17.9 Å². The first-order valence-electron chi connectivity index (χ1n) is 37.1. The Balaban J connectivity index is 0.000000141. The Morgan fingerprint density at radius 2 is 0.693 bits per heavy atom. The van der Waals surface area contributed by atoms with Crippen molar-refractivity contribution in [3.63, 3.8) is 0 Å². The van der Waals surface area contributed by atoms with E-state index in [4.69, 9.17) is 29.1 Å². The molecule has 0 fully saturated rings. The molecule has 23 nitrogen and oxygen atoms in total. The Labute approximate surface area is 656 Å². The van der Waals surface area contributed by atoms with E-state index in [-0.39, 0.29) is 45.6 Å². The van der Waals surface area contributed by atoms with Gasteiger partial charge in [-0.2, -0.15) is 14.0 Å². The van der Waals surface area contributed by atoms with E-state index in [1.165, 1.54) is 50.4 Å². The van der Waals surface area contributed by atoms with Crippen molar-refractivity contribution in [3.8, 4) is 79.5 Å². The summed E-state index contributed by atoms with van der Waals surface area (Å²) in [5.74, 6) is 4.15. The molecule has 114 heavy (non-hydrogen) atoms. The van der Waals surface area contributed by atoms with Gasteiger partial charge in [0.15, 0.2) is 0 Å². The summed E-state index contributed by atoms with van der Waals surface area (Å²) in [5.41, 5.74) is 13.5. The molecule has 0 spiro atoms. The highest BCUT2D eigenvalue weighted by atomic mass is 19.1. The van der Waals surface area contributed by atoms with E-state index in [0.29, 0.717) is 98.9 Å². The largest absolute Gasteiger partial charge is 0.497 e. The van der Waals surface area contributed by atoms with Gasteiger partial charge in [0.1, 0.15) is 46.2 Å². The first kappa shape index (κ1) is 79.8. The Morgan fingerprint density at radius 3 is 1.03 bits per heavy atom. The van der Waals surface area contributed by atoms with Crippen LogP contribution in [-0.4, -0.2) is 138 Å². The highest BCUT2D eigenvalue weighted by Gasteiger charge is 2.25. The summed E-state index contributed by atoms with van der Waals surface area (Å²) in [6.45, 7) is 2.75. The number of halogens is 3. The minimum atomic E-state index is -0.286. The van der Waals surface area contributed by atoms with Crippen LogP contribution in [0.1, 0.15) is 44.5 Å². The van der Waals surface area contributed by atoms with E-state index in [2.05, 4.69) is 41.0 Å².